The number of thioether (sulfide) groups is 1. The molecule has 0 atom stereocenters. The molecule has 0 bridgehead atoms. The van der Waals surface area contributed by atoms with Crippen LogP contribution in [0.5, 0.6) is 0 Å². The smallest absolute Gasteiger partial charge is 0.329 e. The van der Waals surface area contributed by atoms with E-state index in [0.717, 1.165) is 9.93 Å². The lowest BCUT2D eigenvalue weighted by Gasteiger charge is -2.23. The molecule has 0 radical (unpaired) electrons. The molecule has 4 nitrogen and oxygen atoms in total. The summed E-state index contributed by atoms with van der Waals surface area (Å²) in [5, 5.41) is 0.802. The molecule has 2 aromatic heterocycles. The molecule has 2 aromatic rings. The van der Waals surface area contributed by atoms with Crippen molar-refractivity contribution in [3.8, 4) is 0 Å². The normalized spacial score (nSPS) is 10.4. The number of carbonyl (C=O) groups excluding carboxylic acids is 1. The van der Waals surface area contributed by atoms with Gasteiger partial charge in [0.25, 0.3) is 0 Å². The van der Waals surface area contributed by atoms with Gasteiger partial charge in [0, 0.05) is 24.7 Å². The number of halogens is 5. The first kappa shape index (κ1) is 24.5. The van der Waals surface area contributed by atoms with E-state index in [0.29, 0.717) is 17.9 Å². The summed E-state index contributed by atoms with van der Waals surface area (Å²) in [4.78, 5) is 20.5. The topological polar surface area (TPSA) is 46.1 Å². The minimum atomic E-state index is -4.89. The van der Waals surface area contributed by atoms with Gasteiger partial charge in [-0.3, -0.25) is 9.78 Å². The standard InChI is InChI=1S/C16H16F3N3OS.2ClH/c17-16(18,19)15(23)22(12-13-6-1-3-8-20-13)10-5-11-24-14-7-2-4-9-21-14;;/h1-4,6-9H,5,10-12H2;2*1H. The Balaban J connectivity index is 0.00000312. The molecule has 10 heteroatoms. The number of hydrogen-bond donors (Lipinski definition) is 0. The molecule has 2 rings (SSSR count). The van der Waals surface area contributed by atoms with Crippen LogP contribution in [-0.2, 0) is 11.3 Å². The molecular weight excluding hydrogens is 410 g/mol. The highest BCUT2D eigenvalue weighted by atomic mass is 35.5. The van der Waals surface area contributed by atoms with Crippen molar-refractivity contribution in [2.75, 3.05) is 12.3 Å². The van der Waals surface area contributed by atoms with Crippen LogP contribution in [0.1, 0.15) is 12.1 Å². The molecule has 0 aliphatic carbocycles. The van der Waals surface area contributed by atoms with E-state index in [1.54, 1.807) is 30.5 Å². The Morgan fingerprint density at radius 1 is 1.04 bits per heavy atom. The second-order valence-electron chi connectivity index (χ2n) is 4.92. The zero-order valence-electron chi connectivity index (χ0n) is 13.6. The van der Waals surface area contributed by atoms with Crippen molar-refractivity contribution >= 4 is 42.5 Å². The molecule has 0 saturated heterocycles. The van der Waals surface area contributed by atoms with Crippen LogP contribution in [0.3, 0.4) is 0 Å². The third kappa shape index (κ3) is 8.25. The maximum atomic E-state index is 12.7. The maximum Gasteiger partial charge on any atom is 0.471 e. The fraction of sp³-hybridized carbons (Fsp3) is 0.312. The summed E-state index contributed by atoms with van der Waals surface area (Å²) in [6.07, 6.45) is -1.32. The average Bonchev–Trinajstić information content (AvgIpc) is 2.58. The van der Waals surface area contributed by atoms with E-state index in [2.05, 4.69) is 9.97 Å². The van der Waals surface area contributed by atoms with Crippen molar-refractivity contribution in [2.45, 2.75) is 24.2 Å². The van der Waals surface area contributed by atoms with Crippen molar-refractivity contribution in [1.82, 2.24) is 14.9 Å². The van der Waals surface area contributed by atoms with E-state index >= 15 is 0 Å². The lowest BCUT2D eigenvalue weighted by Crippen LogP contribution is -2.41. The highest BCUT2D eigenvalue weighted by Gasteiger charge is 2.42. The number of amides is 1. The van der Waals surface area contributed by atoms with Gasteiger partial charge < -0.3 is 4.90 Å². The number of carbonyl (C=O) groups is 1. The minimum absolute atomic E-state index is 0. The molecule has 0 unspecified atom stereocenters. The monoisotopic (exact) mass is 427 g/mol. The first-order valence-corrected chi connectivity index (χ1v) is 8.25. The molecule has 0 aromatic carbocycles. The molecule has 1 amide bonds. The van der Waals surface area contributed by atoms with Crippen molar-refractivity contribution in [3.63, 3.8) is 0 Å². The Kier molecular flexibility index (Phi) is 11.3. The molecule has 26 heavy (non-hydrogen) atoms. The van der Waals surface area contributed by atoms with Gasteiger partial charge in [-0.05, 0) is 30.7 Å². The summed E-state index contributed by atoms with van der Waals surface area (Å²) in [7, 11) is 0. The Morgan fingerprint density at radius 3 is 2.23 bits per heavy atom. The number of rotatable bonds is 7. The molecule has 144 valence electrons. The summed E-state index contributed by atoms with van der Waals surface area (Å²) in [5.41, 5.74) is 0.424. The number of alkyl halides is 3. The zero-order valence-corrected chi connectivity index (χ0v) is 16.0. The van der Waals surface area contributed by atoms with Gasteiger partial charge in [0.15, 0.2) is 0 Å². The number of hydrogen-bond acceptors (Lipinski definition) is 4. The van der Waals surface area contributed by atoms with E-state index in [1.165, 1.54) is 18.0 Å². The van der Waals surface area contributed by atoms with Gasteiger partial charge >= 0.3 is 12.1 Å². The minimum Gasteiger partial charge on any atom is -0.329 e. The number of aromatic nitrogens is 2. The summed E-state index contributed by atoms with van der Waals surface area (Å²) < 4.78 is 38.2. The van der Waals surface area contributed by atoms with Crippen molar-refractivity contribution < 1.29 is 18.0 Å². The molecule has 2 heterocycles. The molecule has 0 spiro atoms. The van der Waals surface area contributed by atoms with Gasteiger partial charge in [0.05, 0.1) is 17.3 Å². The highest BCUT2D eigenvalue weighted by Crippen LogP contribution is 2.21. The largest absolute Gasteiger partial charge is 0.471 e. The van der Waals surface area contributed by atoms with Gasteiger partial charge in [-0.15, -0.1) is 36.6 Å². The van der Waals surface area contributed by atoms with E-state index in [-0.39, 0.29) is 37.9 Å². The van der Waals surface area contributed by atoms with Crippen LogP contribution in [0.25, 0.3) is 0 Å². The van der Waals surface area contributed by atoms with Gasteiger partial charge in [-0.25, -0.2) is 4.98 Å². The first-order valence-electron chi connectivity index (χ1n) is 7.26. The van der Waals surface area contributed by atoms with E-state index in [9.17, 15) is 18.0 Å². The van der Waals surface area contributed by atoms with E-state index < -0.39 is 12.1 Å². The fourth-order valence-electron chi connectivity index (χ4n) is 1.98. The van der Waals surface area contributed by atoms with Crippen LogP contribution in [0.15, 0.2) is 53.8 Å². The quantitative estimate of drug-likeness (QED) is 0.485. The van der Waals surface area contributed by atoms with E-state index in [1.807, 2.05) is 12.1 Å². The summed E-state index contributed by atoms with van der Waals surface area (Å²) in [5.74, 6) is -1.27. The first-order chi connectivity index (χ1) is 11.5. The van der Waals surface area contributed by atoms with Gasteiger partial charge in [-0.2, -0.15) is 13.2 Å². The average molecular weight is 428 g/mol. The molecule has 0 N–H and O–H groups in total. The molecule has 0 fully saturated rings. The Labute approximate surface area is 166 Å². The van der Waals surface area contributed by atoms with Crippen LogP contribution in [0.4, 0.5) is 13.2 Å². The van der Waals surface area contributed by atoms with Crippen molar-refractivity contribution in [1.29, 1.82) is 0 Å². The van der Waals surface area contributed by atoms with E-state index in [4.69, 9.17) is 0 Å². The van der Waals surface area contributed by atoms with Gasteiger partial charge in [0.2, 0.25) is 0 Å². The molecule has 0 aliphatic rings. The lowest BCUT2D eigenvalue weighted by molar-refractivity contribution is -0.186. The predicted molar refractivity (Wildman–Crippen MR) is 99.8 cm³/mol. The Bertz CT molecular complexity index is 648. The third-order valence-electron chi connectivity index (χ3n) is 3.07. The highest BCUT2D eigenvalue weighted by molar-refractivity contribution is 7.99. The van der Waals surface area contributed by atoms with Crippen LogP contribution in [0.2, 0.25) is 0 Å². The number of nitrogens with zero attached hydrogens (tertiary/aromatic N) is 3. The lowest BCUT2D eigenvalue weighted by atomic mass is 10.3. The second kappa shape index (κ2) is 12.0. The van der Waals surface area contributed by atoms with Crippen molar-refractivity contribution in [3.05, 3.63) is 54.5 Å². The van der Waals surface area contributed by atoms with Crippen LogP contribution >= 0.6 is 36.6 Å². The maximum absolute atomic E-state index is 12.7. The van der Waals surface area contributed by atoms with Gasteiger partial charge in [-0.1, -0.05) is 12.1 Å². The molecular formula is C16H18Cl2F3N3OS. The zero-order chi connectivity index (χ0) is 17.4. The summed E-state index contributed by atoms with van der Waals surface area (Å²) in [6, 6.07) is 10.4. The Hall–Kier alpha value is -1.51. The van der Waals surface area contributed by atoms with Gasteiger partial charge in [0.1, 0.15) is 0 Å². The molecule has 0 aliphatic heterocycles. The van der Waals surface area contributed by atoms with Crippen LogP contribution in [-0.4, -0.2) is 39.2 Å². The third-order valence-corrected chi connectivity index (χ3v) is 4.10. The fourth-order valence-corrected chi connectivity index (χ4v) is 2.78. The Morgan fingerprint density at radius 2 is 1.69 bits per heavy atom. The summed E-state index contributed by atoms with van der Waals surface area (Å²) >= 11 is 1.44. The van der Waals surface area contributed by atoms with Crippen LogP contribution < -0.4 is 0 Å². The van der Waals surface area contributed by atoms with Crippen molar-refractivity contribution in [2.24, 2.45) is 0 Å². The molecule has 0 saturated carbocycles. The summed E-state index contributed by atoms with van der Waals surface area (Å²) in [6.45, 7) is -0.151. The second-order valence-corrected chi connectivity index (χ2v) is 6.03. The number of pyridine rings is 2. The predicted octanol–water partition coefficient (Wildman–Crippen LogP) is 4.39. The SMILES string of the molecule is Cl.Cl.O=C(N(CCCSc1ccccn1)Cc1ccccn1)C(F)(F)F. The van der Waals surface area contributed by atoms with Crippen LogP contribution in [0, 0.1) is 0 Å².